The van der Waals surface area contributed by atoms with E-state index in [1.165, 1.54) is 12.1 Å². The van der Waals surface area contributed by atoms with Crippen molar-refractivity contribution < 1.29 is 14.0 Å². The van der Waals surface area contributed by atoms with Gasteiger partial charge in [0.2, 0.25) is 11.8 Å². The summed E-state index contributed by atoms with van der Waals surface area (Å²) in [6.07, 6.45) is 1.89. The van der Waals surface area contributed by atoms with Crippen LogP contribution in [0.15, 0.2) is 18.2 Å². The molecule has 3 rings (SSSR count). The zero-order valence-electron chi connectivity index (χ0n) is 11.6. The molecule has 2 amide bonds. The Hall–Kier alpha value is -1.95. The van der Waals surface area contributed by atoms with Crippen LogP contribution in [0.1, 0.15) is 30.7 Å². The van der Waals surface area contributed by atoms with E-state index in [9.17, 15) is 14.0 Å². The van der Waals surface area contributed by atoms with Crippen LogP contribution in [0.5, 0.6) is 0 Å². The number of fused-ring (bicyclic) bond motifs is 1. The molecule has 21 heavy (non-hydrogen) atoms. The van der Waals surface area contributed by atoms with Gasteiger partial charge in [0, 0.05) is 18.2 Å². The van der Waals surface area contributed by atoms with Gasteiger partial charge in [-0.2, -0.15) is 0 Å². The van der Waals surface area contributed by atoms with Gasteiger partial charge in [-0.3, -0.25) is 9.59 Å². The average Bonchev–Trinajstić information content (AvgIpc) is 2.47. The summed E-state index contributed by atoms with van der Waals surface area (Å²) in [5.74, 6) is -1.36. The summed E-state index contributed by atoms with van der Waals surface area (Å²) in [5, 5.41) is 8.87. The number of amides is 2. The van der Waals surface area contributed by atoms with Crippen molar-refractivity contribution in [1.82, 2.24) is 10.6 Å². The molecule has 6 heteroatoms. The normalized spacial score (nSPS) is 22.3. The van der Waals surface area contributed by atoms with Crippen molar-refractivity contribution >= 4 is 17.5 Å². The van der Waals surface area contributed by atoms with Crippen molar-refractivity contribution in [2.75, 3.05) is 18.4 Å². The quantitative estimate of drug-likeness (QED) is 0.765. The zero-order valence-corrected chi connectivity index (χ0v) is 11.6. The number of nitrogens with one attached hydrogen (secondary N) is 3. The third-order valence-electron chi connectivity index (χ3n) is 4.06. The van der Waals surface area contributed by atoms with Crippen LogP contribution in [0.4, 0.5) is 10.1 Å². The second-order valence-corrected chi connectivity index (χ2v) is 5.57. The highest BCUT2D eigenvalue weighted by Crippen LogP contribution is 2.33. The summed E-state index contributed by atoms with van der Waals surface area (Å²) in [4.78, 5) is 24.2. The highest BCUT2D eigenvalue weighted by molar-refractivity contribution is 6.01. The topological polar surface area (TPSA) is 70.2 Å². The lowest BCUT2D eigenvalue weighted by atomic mass is 9.89. The van der Waals surface area contributed by atoms with E-state index in [1.807, 2.05) is 0 Å². The lowest BCUT2D eigenvalue weighted by Crippen LogP contribution is -2.45. The van der Waals surface area contributed by atoms with Crippen LogP contribution in [0.2, 0.25) is 0 Å². The lowest BCUT2D eigenvalue weighted by Gasteiger charge is -2.29. The Bertz CT molecular complexity index is 570. The van der Waals surface area contributed by atoms with E-state index in [4.69, 9.17) is 0 Å². The third-order valence-corrected chi connectivity index (χ3v) is 4.06. The molecule has 0 radical (unpaired) electrons. The molecule has 1 saturated heterocycles. The van der Waals surface area contributed by atoms with Crippen molar-refractivity contribution in [1.29, 1.82) is 0 Å². The summed E-state index contributed by atoms with van der Waals surface area (Å²) in [6.45, 7) is 1.77. The maximum atomic E-state index is 13.3. The molecule has 2 heterocycles. The van der Waals surface area contributed by atoms with Crippen molar-refractivity contribution in [2.24, 2.45) is 0 Å². The van der Waals surface area contributed by atoms with Crippen LogP contribution in [-0.4, -0.2) is 30.9 Å². The Morgan fingerprint density at radius 1 is 1.29 bits per heavy atom. The third kappa shape index (κ3) is 3.05. The summed E-state index contributed by atoms with van der Waals surface area (Å²) in [5.41, 5.74) is 1.08. The molecule has 1 fully saturated rings. The number of hydrogen-bond acceptors (Lipinski definition) is 3. The largest absolute Gasteiger partial charge is 0.353 e. The van der Waals surface area contributed by atoms with Gasteiger partial charge in [0.05, 0.1) is 5.92 Å². The van der Waals surface area contributed by atoms with E-state index in [1.54, 1.807) is 6.07 Å². The van der Waals surface area contributed by atoms with Crippen molar-refractivity contribution in [3.63, 3.8) is 0 Å². The molecule has 1 aromatic carbocycles. The number of anilines is 1. The summed E-state index contributed by atoms with van der Waals surface area (Å²) in [6, 6.07) is 4.31. The molecule has 3 N–H and O–H groups in total. The summed E-state index contributed by atoms with van der Waals surface area (Å²) >= 11 is 0. The molecular weight excluding hydrogens is 273 g/mol. The van der Waals surface area contributed by atoms with Gasteiger partial charge in [0.25, 0.3) is 0 Å². The smallest absolute Gasteiger partial charge is 0.228 e. The van der Waals surface area contributed by atoms with Gasteiger partial charge in [-0.15, -0.1) is 0 Å². The number of halogens is 1. The highest BCUT2D eigenvalue weighted by atomic mass is 19.1. The van der Waals surface area contributed by atoms with E-state index in [0.717, 1.165) is 25.9 Å². The predicted molar refractivity (Wildman–Crippen MR) is 76.4 cm³/mol. The minimum Gasteiger partial charge on any atom is -0.353 e. The van der Waals surface area contributed by atoms with E-state index in [-0.39, 0.29) is 24.3 Å². The zero-order chi connectivity index (χ0) is 14.8. The molecule has 0 spiro atoms. The molecule has 0 bridgehead atoms. The SMILES string of the molecule is O=C1CC(C(=O)NC2CCNCC2)c2ccc(F)cc2N1. The van der Waals surface area contributed by atoms with Crippen molar-refractivity contribution in [3.05, 3.63) is 29.6 Å². The average molecular weight is 291 g/mol. The second kappa shape index (κ2) is 5.81. The molecule has 2 aliphatic heterocycles. The van der Waals surface area contributed by atoms with E-state index in [0.29, 0.717) is 11.3 Å². The van der Waals surface area contributed by atoms with Crippen molar-refractivity contribution in [2.45, 2.75) is 31.2 Å². The first-order valence-corrected chi connectivity index (χ1v) is 7.24. The fourth-order valence-electron chi connectivity index (χ4n) is 2.94. The standard InChI is InChI=1S/C15H18FN3O2/c16-9-1-2-11-12(8-14(20)19-13(11)7-9)15(21)18-10-3-5-17-6-4-10/h1-2,7,10,12,17H,3-6,8H2,(H,18,21)(H,19,20). The van der Waals surface area contributed by atoms with Crippen LogP contribution in [0.3, 0.4) is 0 Å². The summed E-state index contributed by atoms with van der Waals surface area (Å²) in [7, 11) is 0. The second-order valence-electron chi connectivity index (χ2n) is 5.57. The number of carbonyl (C=O) groups is 2. The van der Waals surface area contributed by atoms with Gasteiger partial charge in [0.1, 0.15) is 5.82 Å². The molecule has 0 aromatic heterocycles. The van der Waals surface area contributed by atoms with Crippen LogP contribution >= 0.6 is 0 Å². The van der Waals surface area contributed by atoms with Gasteiger partial charge in [-0.25, -0.2) is 4.39 Å². The van der Waals surface area contributed by atoms with Crippen molar-refractivity contribution in [3.8, 4) is 0 Å². The Morgan fingerprint density at radius 2 is 2.05 bits per heavy atom. The van der Waals surface area contributed by atoms with E-state index in [2.05, 4.69) is 16.0 Å². The predicted octanol–water partition coefficient (Wildman–Crippen LogP) is 1.12. The molecule has 0 aliphatic carbocycles. The van der Waals surface area contributed by atoms with E-state index >= 15 is 0 Å². The first kappa shape index (κ1) is 14.0. The van der Waals surface area contributed by atoms with Gasteiger partial charge < -0.3 is 16.0 Å². The van der Waals surface area contributed by atoms with Crippen LogP contribution in [0.25, 0.3) is 0 Å². The molecule has 1 atom stereocenters. The Balaban J connectivity index is 1.78. The maximum Gasteiger partial charge on any atom is 0.228 e. The lowest BCUT2D eigenvalue weighted by molar-refractivity contribution is -0.127. The van der Waals surface area contributed by atoms with Gasteiger partial charge in [-0.1, -0.05) is 6.07 Å². The number of rotatable bonds is 2. The monoisotopic (exact) mass is 291 g/mol. The van der Waals surface area contributed by atoms with Gasteiger partial charge >= 0.3 is 0 Å². The van der Waals surface area contributed by atoms with E-state index < -0.39 is 11.7 Å². The first-order chi connectivity index (χ1) is 10.1. The molecule has 2 aliphatic rings. The molecule has 1 unspecified atom stereocenters. The minimum atomic E-state index is -0.538. The molecule has 112 valence electrons. The Kier molecular flexibility index (Phi) is 3.88. The van der Waals surface area contributed by atoms with Crippen LogP contribution < -0.4 is 16.0 Å². The number of piperidine rings is 1. The highest BCUT2D eigenvalue weighted by Gasteiger charge is 2.32. The Labute approximate surface area is 122 Å². The minimum absolute atomic E-state index is 0.107. The fraction of sp³-hybridized carbons (Fsp3) is 0.467. The molecule has 1 aromatic rings. The first-order valence-electron chi connectivity index (χ1n) is 7.24. The van der Waals surface area contributed by atoms with Gasteiger partial charge in [-0.05, 0) is 43.6 Å². The molecule has 5 nitrogen and oxygen atoms in total. The van der Waals surface area contributed by atoms with Gasteiger partial charge in [0.15, 0.2) is 0 Å². The number of benzene rings is 1. The fourth-order valence-corrected chi connectivity index (χ4v) is 2.94. The molecule has 0 saturated carbocycles. The Morgan fingerprint density at radius 3 is 2.81 bits per heavy atom. The number of hydrogen-bond donors (Lipinski definition) is 3. The van der Waals surface area contributed by atoms with Crippen LogP contribution in [-0.2, 0) is 9.59 Å². The number of carbonyl (C=O) groups excluding carboxylic acids is 2. The molecular formula is C15H18FN3O2. The summed E-state index contributed by atoms with van der Waals surface area (Å²) < 4.78 is 13.3. The van der Waals surface area contributed by atoms with Crippen LogP contribution in [0, 0.1) is 5.82 Å². The maximum absolute atomic E-state index is 13.3.